The van der Waals surface area contributed by atoms with Gasteiger partial charge in [-0.2, -0.15) is 0 Å². The summed E-state index contributed by atoms with van der Waals surface area (Å²) in [6.07, 6.45) is 14.7. The van der Waals surface area contributed by atoms with Crippen molar-refractivity contribution in [2.24, 2.45) is 0 Å². The Hall–Kier alpha value is -5.36. The largest absolute Gasteiger partial charge is 2.00 e. The number of hydrogen-bond donors (Lipinski definition) is 2. The molecule has 304 valence electrons. The maximum atomic E-state index is 13.5. The van der Waals surface area contributed by atoms with E-state index in [1.807, 2.05) is 60.7 Å². The van der Waals surface area contributed by atoms with Gasteiger partial charge in [-0.1, -0.05) is 109 Å². The van der Waals surface area contributed by atoms with Crippen LogP contribution in [0.5, 0.6) is 0 Å². The van der Waals surface area contributed by atoms with Crippen LogP contribution in [-0.4, -0.2) is 82.1 Å². The summed E-state index contributed by atoms with van der Waals surface area (Å²) in [5, 5.41) is 42.5. The maximum Gasteiger partial charge on any atom is 2.00 e. The summed E-state index contributed by atoms with van der Waals surface area (Å²) in [5.74, 6) is -2.40. The summed E-state index contributed by atoms with van der Waals surface area (Å²) in [7, 11) is 0. The number of nitrogens with zero attached hydrogens (tertiary/aromatic N) is 2. The molecule has 8 nitrogen and oxygen atoms in total. The molecule has 0 radical (unpaired) electrons. The molecule has 0 bridgehead atoms. The van der Waals surface area contributed by atoms with E-state index in [2.05, 4.69) is 0 Å². The van der Waals surface area contributed by atoms with Crippen molar-refractivity contribution in [2.45, 2.75) is 62.6 Å². The van der Waals surface area contributed by atoms with E-state index in [0.29, 0.717) is 11.8 Å². The zero-order valence-electron chi connectivity index (χ0n) is 33.3. The number of aliphatic hydroxyl groups excluding tert-OH is 2. The minimum atomic E-state index is -1.30. The number of fused-ring (bicyclic) bond motifs is 2. The number of aromatic nitrogens is 2. The molecule has 6 aromatic rings. The molecule has 0 aliphatic heterocycles. The van der Waals surface area contributed by atoms with Crippen molar-refractivity contribution >= 4 is 83.6 Å². The fraction of sp³-hybridized carbons (Fsp3) is 0.200. The van der Waals surface area contributed by atoms with Gasteiger partial charge in [0.1, 0.15) is 11.6 Å². The van der Waals surface area contributed by atoms with E-state index in [9.17, 15) is 38.8 Å². The normalized spacial score (nSPS) is 15.0. The monoisotopic (exact) mass is 844 g/mol. The van der Waals surface area contributed by atoms with Crippen LogP contribution in [0.15, 0.2) is 134 Å². The van der Waals surface area contributed by atoms with E-state index in [1.165, 1.54) is 36.4 Å². The zero-order chi connectivity index (χ0) is 42.2. The molecule has 2 aliphatic carbocycles. The van der Waals surface area contributed by atoms with Crippen LogP contribution in [0.25, 0.3) is 56.2 Å². The van der Waals surface area contributed by atoms with Gasteiger partial charge < -0.3 is 30.0 Å². The number of carbonyl (C=O) groups excluding carboxylic acids is 2. The van der Waals surface area contributed by atoms with Crippen LogP contribution in [0.2, 0.25) is 0 Å². The minimum Gasteiger partial charge on any atom is -0.550 e. The van der Waals surface area contributed by atoms with Gasteiger partial charge in [-0.25, -0.2) is 8.78 Å². The third kappa shape index (κ3) is 11.9. The number of halogens is 2. The number of carboxylic acid groups (broad SMARTS) is 2. The summed E-state index contributed by atoms with van der Waals surface area (Å²) >= 11 is 0. The van der Waals surface area contributed by atoms with E-state index in [1.54, 1.807) is 48.6 Å². The Bertz CT molecular complexity index is 2450. The van der Waals surface area contributed by atoms with E-state index >= 15 is 0 Å². The van der Waals surface area contributed by atoms with E-state index in [4.69, 9.17) is 9.97 Å². The molecule has 0 saturated heterocycles. The predicted molar refractivity (Wildman–Crippen MR) is 232 cm³/mol. The number of benzene rings is 4. The number of hydrogen-bond acceptors (Lipinski definition) is 8. The van der Waals surface area contributed by atoms with Crippen molar-refractivity contribution in [3.05, 3.63) is 168 Å². The summed E-state index contributed by atoms with van der Waals surface area (Å²) in [6.45, 7) is 0. The van der Waals surface area contributed by atoms with Gasteiger partial charge >= 0.3 is 37.7 Å². The van der Waals surface area contributed by atoms with Gasteiger partial charge in [-0.15, -0.1) is 0 Å². The van der Waals surface area contributed by atoms with Gasteiger partial charge in [0, 0.05) is 69.6 Å². The molecule has 2 N–H and O–H groups in total. The molecule has 8 rings (SSSR count). The van der Waals surface area contributed by atoms with Crippen molar-refractivity contribution in [2.75, 3.05) is 0 Å². The quantitative estimate of drug-likeness (QED) is 0.0843. The van der Waals surface area contributed by atoms with E-state index in [0.717, 1.165) is 92.3 Å². The molecule has 4 aromatic carbocycles. The van der Waals surface area contributed by atoms with Crippen LogP contribution >= 0.6 is 0 Å². The fourth-order valence-electron chi connectivity index (χ4n) is 7.19. The number of carbonyl (C=O) groups is 2. The third-order valence-electron chi connectivity index (χ3n) is 10.3. The molecular weight excluding hydrogens is 803 g/mol. The number of aliphatic hydroxyl groups is 2. The molecule has 61 heavy (non-hydrogen) atoms. The van der Waals surface area contributed by atoms with Crippen molar-refractivity contribution in [3.63, 3.8) is 0 Å². The molecule has 0 amide bonds. The van der Waals surface area contributed by atoms with Crippen molar-refractivity contribution < 1.29 is 38.8 Å². The first-order valence-corrected chi connectivity index (χ1v) is 19.9. The molecule has 2 aliphatic rings. The van der Waals surface area contributed by atoms with Crippen LogP contribution in [0.4, 0.5) is 8.78 Å². The summed E-state index contributed by atoms with van der Waals surface area (Å²) in [4.78, 5) is 31.0. The molecule has 11 heteroatoms. The number of para-hydroxylation sites is 2. The first-order chi connectivity index (χ1) is 29.0. The second-order valence-electron chi connectivity index (χ2n) is 14.9. The molecule has 2 heterocycles. The number of pyridine rings is 2. The molecule has 2 aromatic heterocycles. The van der Waals surface area contributed by atoms with Crippen molar-refractivity contribution in [1.29, 1.82) is 0 Å². The van der Waals surface area contributed by atoms with Crippen LogP contribution in [0, 0.1) is 11.6 Å². The van der Waals surface area contributed by atoms with Crippen LogP contribution in [0.3, 0.4) is 0 Å². The SMILES string of the molecule is O=C([O-])C[C@H](O)/C=C/C=C/c1c(C2CC2)nc2ccccc2c1-c1ccc(F)cc1.O=C([O-])C[C@H](O)/C=C/C=C/c1c(C2CC2)nc2ccccc2c1-c1ccc(F)cc1.[Ca+2]. The molecule has 2 fully saturated rings. The number of aliphatic carboxylic acids is 2. The Balaban J connectivity index is 0.000000201. The van der Waals surface area contributed by atoms with E-state index in [-0.39, 0.29) is 49.4 Å². The predicted octanol–water partition coefficient (Wildman–Crippen LogP) is 7.60. The Morgan fingerprint density at radius 1 is 0.590 bits per heavy atom. The molecule has 2 atom stereocenters. The van der Waals surface area contributed by atoms with Crippen LogP contribution in [-0.2, 0) is 9.59 Å². The Morgan fingerprint density at radius 2 is 0.951 bits per heavy atom. The third-order valence-corrected chi connectivity index (χ3v) is 10.3. The van der Waals surface area contributed by atoms with Gasteiger partial charge in [0.2, 0.25) is 0 Å². The molecule has 0 spiro atoms. The Kier molecular flexibility index (Phi) is 15.5. The smallest absolute Gasteiger partial charge is 0.550 e. The second-order valence-corrected chi connectivity index (χ2v) is 14.9. The topological polar surface area (TPSA) is 146 Å². The second kappa shape index (κ2) is 20.9. The zero-order valence-corrected chi connectivity index (χ0v) is 35.5. The summed E-state index contributed by atoms with van der Waals surface area (Å²) in [6, 6.07) is 28.7. The number of rotatable bonds is 14. The fourth-order valence-corrected chi connectivity index (χ4v) is 7.19. The van der Waals surface area contributed by atoms with Crippen LogP contribution < -0.4 is 10.2 Å². The first kappa shape index (κ1) is 45.2. The Morgan fingerprint density at radius 3 is 1.30 bits per heavy atom. The first-order valence-electron chi connectivity index (χ1n) is 19.9. The average molecular weight is 845 g/mol. The van der Waals surface area contributed by atoms with Gasteiger partial charge in [0.05, 0.1) is 34.6 Å². The van der Waals surface area contributed by atoms with Crippen LogP contribution in [0.1, 0.15) is 72.9 Å². The van der Waals surface area contributed by atoms with Gasteiger partial charge in [0.15, 0.2) is 0 Å². The average Bonchev–Trinajstić information content (AvgIpc) is 4.16. The number of allylic oxidation sites excluding steroid dienone is 4. The maximum absolute atomic E-state index is 13.5. The summed E-state index contributed by atoms with van der Waals surface area (Å²) < 4.78 is 27.1. The summed E-state index contributed by atoms with van der Waals surface area (Å²) in [5.41, 5.74) is 9.51. The van der Waals surface area contributed by atoms with Gasteiger partial charge in [-0.05, 0) is 73.2 Å². The standard InChI is InChI=1S/2C25H22FNO3.Ca/c2*26-18-13-11-16(12-14-18)24-20-6-3-4-8-22(20)27-25(17-9-10-17)21(24)7-2-1-5-19(28)15-23(29)30;/h2*1-8,11-14,17,19,28H,9-10,15H2,(H,29,30);/q;;+2/p-2/b2*5-1+,7-2+;/t2*19-;/m11./s1. The Labute approximate surface area is 382 Å². The van der Waals surface area contributed by atoms with Gasteiger partial charge in [0.25, 0.3) is 0 Å². The molecule has 0 unspecified atom stereocenters. The number of carboxylic acids is 2. The van der Waals surface area contributed by atoms with Crippen molar-refractivity contribution in [1.82, 2.24) is 9.97 Å². The molecular formula is C50H42CaF2N2O6. The molecule has 2 saturated carbocycles. The van der Waals surface area contributed by atoms with Gasteiger partial charge in [-0.3, -0.25) is 9.97 Å². The minimum absolute atomic E-state index is 0. The van der Waals surface area contributed by atoms with Crippen molar-refractivity contribution in [3.8, 4) is 22.3 Å². The van der Waals surface area contributed by atoms with E-state index < -0.39 is 37.0 Å².